The van der Waals surface area contributed by atoms with Crippen LogP contribution in [0.15, 0.2) is 18.2 Å². The monoisotopic (exact) mass is 309 g/mol. The van der Waals surface area contributed by atoms with Gasteiger partial charge >= 0.3 is 0 Å². The van der Waals surface area contributed by atoms with Crippen molar-refractivity contribution in [2.45, 2.75) is 31.6 Å². The quantitative estimate of drug-likeness (QED) is 0.806. The first-order chi connectivity index (χ1) is 10.2. The first-order valence-corrected chi connectivity index (χ1v) is 8.39. The summed E-state index contributed by atoms with van der Waals surface area (Å²) in [6, 6.07) is 5.76. The molecule has 0 aromatic heterocycles. The zero-order valence-electron chi connectivity index (χ0n) is 12.9. The van der Waals surface area contributed by atoms with Gasteiger partial charge in [-0.15, -0.1) is 11.8 Å². The lowest BCUT2D eigenvalue weighted by molar-refractivity contribution is -0.131. The maximum absolute atomic E-state index is 12.4. The van der Waals surface area contributed by atoms with E-state index in [0.717, 1.165) is 42.2 Å². The van der Waals surface area contributed by atoms with Crippen molar-refractivity contribution in [2.24, 2.45) is 0 Å². The van der Waals surface area contributed by atoms with Crippen LogP contribution in [0.2, 0.25) is 0 Å². The molecule has 1 aromatic rings. The van der Waals surface area contributed by atoms with E-state index < -0.39 is 0 Å². The highest BCUT2D eigenvalue weighted by molar-refractivity contribution is 7.99. The van der Waals surface area contributed by atoms with Gasteiger partial charge < -0.3 is 14.4 Å². The molecule has 1 atom stereocenters. The number of unbranched alkanes of at least 4 members (excludes halogenated alkanes) is 1. The van der Waals surface area contributed by atoms with Gasteiger partial charge in [0, 0.05) is 24.3 Å². The molecule has 0 saturated carbocycles. The number of carbonyl (C=O) groups excluding carboxylic acids is 1. The predicted molar refractivity (Wildman–Crippen MR) is 86.0 cm³/mol. The smallest absolute Gasteiger partial charge is 0.223 e. The van der Waals surface area contributed by atoms with Gasteiger partial charge in [0.05, 0.1) is 14.2 Å². The van der Waals surface area contributed by atoms with Gasteiger partial charge in [0.15, 0.2) is 0 Å². The fraction of sp³-hybridized carbons (Fsp3) is 0.562. The first-order valence-electron chi connectivity index (χ1n) is 7.34. The summed E-state index contributed by atoms with van der Waals surface area (Å²) < 4.78 is 10.8. The number of carbonyl (C=O) groups is 1. The van der Waals surface area contributed by atoms with Crippen molar-refractivity contribution in [3.8, 4) is 11.5 Å². The third-order valence-corrected chi connectivity index (χ3v) is 4.90. The topological polar surface area (TPSA) is 38.8 Å². The first kappa shape index (κ1) is 16.0. The average Bonchev–Trinajstić information content (AvgIpc) is 3.01. The predicted octanol–water partition coefficient (Wildman–Crippen LogP) is 3.47. The third-order valence-electron chi connectivity index (χ3n) is 3.66. The summed E-state index contributed by atoms with van der Waals surface area (Å²) in [5.41, 5.74) is 1.02. The Balaban J connectivity index is 2.24. The Bertz CT molecular complexity index is 492. The normalized spacial score (nSPS) is 17.9. The van der Waals surface area contributed by atoms with E-state index in [2.05, 4.69) is 6.92 Å². The molecule has 1 saturated heterocycles. The standard InChI is InChI=1S/C16H23NO3S/c1-4-5-6-15(18)17-9-10-21-16(17)13-11-12(19-2)7-8-14(13)20-3/h7-8,11,16H,4-6,9-10H2,1-3H3/t16-/m1/s1. The summed E-state index contributed by atoms with van der Waals surface area (Å²) in [6.45, 7) is 2.91. The summed E-state index contributed by atoms with van der Waals surface area (Å²) in [6.07, 6.45) is 2.61. The summed E-state index contributed by atoms with van der Waals surface area (Å²) in [5, 5.41) is 0.0272. The molecule has 5 heteroatoms. The van der Waals surface area contributed by atoms with Crippen LogP contribution in [-0.4, -0.2) is 37.3 Å². The van der Waals surface area contributed by atoms with Crippen LogP contribution in [0.1, 0.15) is 37.1 Å². The highest BCUT2D eigenvalue weighted by Crippen LogP contribution is 2.43. The van der Waals surface area contributed by atoms with Gasteiger partial charge in [0.2, 0.25) is 5.91 Å². The third kappa shape index (κ3) is 3.64. The number of rotatable bonds is 6. The minimum Gasteiger partial charge on any atom is -0.497 e. The van der Waals surface area contributed by atoms with Gasteiger partial charge in [0.1, 0.15) is 16.9 Å². The number of amides is 1. The Kier molecular flexibility index (Phi) is 5.79. The van der Waals surface area contributed by atoms with E-state index in [1.165, 1.54) is 0 Å². The number of benzene rings is 1. The number of methoxy groups -OCH3 is 2. The van der Waals surface area contributed by atoms with Gasteiger partial charge in [-0.2, -0.15) is 0 Å². The Morgan fingerprint density at radius 3 is 2.86 bits per heavy atom. The number of hydrogen-bond donors (Lipinski definition) is 0. The molecular weight excluding hydrogens is 286 g/mol. The largest absolute Gasteiger partial charge is 0.497 e. The molecule has 4 nitrogen and oxygen atoms in total. The van der Waals surface area contributed by atoms with Gasteiger partial charge in [0.25, 0.3) is 0 Å². The molecule has 0 bridgehead atoms. The van der Waals surface area contributed by atoms with Crippen molar-refractivity contribution in [3.05, 3.63) is 23.8 Å². The molecular formula is C16H23NO3S. The second-order valence-corrected chi connectivity index (χ2v) is 6.21. The van der Waals surface area contributed by atoms with Crippen LogP contribution in [-0.2, 0) is 4.79 Å². The Morgan fingerprint density at radius 1 is 1.38 bits per heavy atom. The molecule has 0 N–H and O–H groups in total. The van der Waals surface area contributed by atoms with E-state index in [4.69, 9.17) is 9.47 Å². The van der Waals surface area contributed by atoms with E-state index in [0.29, 0.717) is 6.42 Å². The van der Waals surface area contributed by atoms with Crippen molar-refractivity contribution in [1.82, 2.24) is 4.90 Å². The molecule has 1 aromatic carbocycles. The van der Waals surface area contributed by atoms with Crippen molar-refractivity contribution in [2.75, 3.05) is 26.5 Å². The summed E-state index contributed by atoms with van der Waals surface area (Å²) in [5.74, 6) is 2.79. The SMILES string of the molecule is CCCCC(=O)N1CCS[C@@H]1c1cc(OC)ccc1OC. The van der Waals surface area contributed by atoms with Gasteiger partial charge in [-0.05, 0) is 24.6 Å². The van der Waals surface area contributed by atoms with E-state index in [9.17, 15) is 4.79 Å². The number of ether oxygens (including phenoxy) is 2. The number of hydrogen-bond acceptors (Lipinski definition) is 4. The molecule has 2 rings (SSSR count). The summed E-state index contributed by atoms with van der Waals surface area (Å²) in [4.78, 5) is 14.4. The molecule has 1 aliphatic heterocycles. The molecule has 1 heterocycles. The maximum Gasteiger partial charge on any atom is 0.223 e. The molecule has 21 heavy (non-hydrogen) atoms. The Morgan fingerprint density at radius 2 is 2.19 bits per heavy atom. The molecule has 116 valence electrons. The van der Waals surface area contributed by atoms with Crippen LogP contribution in [0.3, 0.4) is 0 Å². The Labute approximate surface area is 130 Å². The van der Waals surface area contributed by atoms with Crippen LogP contribution in [0.4, 0.5) is 0 Å². The Hall–Kier alpha value is -1.36. The van der Waals surface area contributed by atoms with Gasteiger partial charge in [-0.25, -0.2) is 0 Å². The number of thioether (sulfide) groups is 1. The van der Waals surface area contributed by atoms with Crippen LogP contribution in [0.25, 0.3) is 0 Å². The molecule has 1 fully saturated rings. The average molecular weight is 309 g/mol. The van der Waals surface area contributed by atoms with Crippen LogP contribution in [0.5, 0.6) is 11.5 Å². The minimum absolute atomic E-state index is 0.0272. The van der Waals surface area contributed by atoms with E-state index in [1.54, 1.807) is 26.0 Å². The zero-order chi connectivity index (χ0) is 15.2. The highest BCUT2D eigenvalue weighted by atomic mass is 32.2. The fourth-order valence-electron chi connectivity index (χ4n) is 2.49. The fourth-order valence-corrected chi connectivity index (χ4v) is 3.78. The van der Waals surface area contributed by atoms with Crippen molar-refractivity contribution in [1.29, 1.82) is 0 Å². The molecule has 0 aliphatic carbocycles. The van der Waals surface area contributed by atoms with Crippen LogP contribution >= 0.6 is 11.8 Å². The molecule has 0 radical (unpaired) electrons. The van der Waals surface area contributed by atoms with Gasteiger partial charge in [-0.3, -0.25) is 4.79 Å². The molecule has 0 spiro atoms. The van der Waals surface area contributed by atoms with Crippen molar-refractivity contribution >= 4 is 17.7 Å². The number of nitrogens with zero attached hydrogens (tertiary/aromatic N) is 1. The highest BCUT2D eigenvalue weighted by Gasteiger charge is 2.32. The van der Waals surface area contributed by atoms with Gasteiger partial charge in [-0.1, -0.05) is 13.3 Å². The van der Waals surface area contributed by atoms with Crippen molar-refractivity contribution < 1.29 is 14.3 Å². The van der Waals surface area contributed by atoms with Crippen molar-refractivity contribution in [3.63, 3.8) is 0 Å². The summed E-state index contributed by atoms with van der Waals surface area (Å²) >= 11 is 1.78. The zero-order valence-corrected chi connectivity index (χ0v) is 13.7. The summed E-state index contributed by atoms with van der Waals surface area (Å²) in [7, 11) is 3.31. The maximum atomic E-state index is 12.4. The molecule has 1 aliphatic rings. The second kappa shape index (κ2) is 7.59. The molecule has 1 amide bonds. The lowest BCUT2D eigenvalue weighted by Gasteiger charge is -2.25. The van der Waals surface area contributed by atoms with Crippen LogP contribution in [0, 0.1) is 0 Å². The van der Waals surface area contributed by atoms with E-state index in [1.807, 2.05) is 23.1 Å². The lowest BCUT2D eigenvalue weighted by Crippen LogP contribution is -2.30. The second-order valence-electron chi connectivity index (χ2n) is 5.02. The lowest BCUT2D eigenvalue weighted by atomic mass is 10.1. The van der Waals surface area contributed by atoms with E-state index >= 15 is 0 Å². The minimum atomic E-state index is 0.0272. The van der Waals surface area contributed by atoms with Crippen LogP contribution < -0.4 is 9.47 Å². The van der Waals surface area contributed by atoms with E-state index in [-0.39, 0.29) is 11.3 Å². The molecule has 0 unspecified atom stereocenters.